The van der Waals surface area contributed by atoms with E-state index in [1.165, 1.54) is 12.8 Å². The van der Waals surface area contributed by atoms with Crippen LogP contribution in [0.4, 0.5) is 0 Å². The molecule has 4 heteroatoms. The molecule has 0 spiro atoms. The molecule has 4 nitrogen and oxygen atoms in total. The van der Waals surface area contributed by atoms with E-state index in [-0.39, 0.29) is 5.97 Å². The van der Waals surface area contributed by atoms with Gasteiger partial charge in [-0.2, -0.15) is 0 Å². The van der Waals surface area contributed by atoms with Crippen LogP contribution in [0, 0.1) is 0 Å². The van der Waals surface area contributed by atoms with Crippen molar-refractivity contribution in [3.05, 3.63) is 0 Å². The van der Waals surface area contributed by atoms with Crippen LogP contribution < -0.4 is 0 Å². The highest BCUT2D eigenvalue weighted by Gasteiger charge is 2.15. The first-order valence-electron chi connectivity index (χ1n) is 6.36. The van der Waals surface area contributed by atoms with Gasteiger partial charge in [0.25, 0.3) is 0 Å². The van der Waals surface area contributed by atoms with E-state index in [1.807, 2.05) is 0 Å². The fraction of sp³-hybridized carbons (Fsp3) is 0.917. The molecule has 0 saturated carbocycles. The molecule has 0 aromatic rings. The number of likely N-dealkylation sites (N-methyl/N-ethyl adjacent to an activating group) is 1. The van der Waals surface area contributed by atoms with Gasteiger partial charge in [-0.3, -0.25) is 9.69 Å². The van der Waals surface area contributed by atoms with Gasteiger partial charge in [-0.15, -0.1) is 0 Å². The van der Waals surface area contributed by atoms with Crippen molar-refractivity contribution in [1.82, 2.24) is 9.80 Å². The molecule has 0 radical (unpaired) electrons. The highest BCUT2D eigenvalue weighted by Crippen LogP contribution is 2.06. The first-order valence-corrected chi connectivity index (χ1v) is 6.36. The van der Waals surface area contributed by atoms with E-state index < -0.39 is 0 Å². The molecule has 16 heavy (non-hydrogen) atoms. The molecule has 0 aromatic heterocycles. The molecule has 0 amide bonds. The van der Waals surface area contributed by atoms with Crippen LogP contribution in [0.25, 0.3) is 0 Å². The molecule has 0 aromatic carbocycles. The molecular weight excluding hydrogens is 204 g/mol. The minimum atomic E-state index is -0.0749. The first-order chi connectivity index (χ1) is 7.76. The van der Waals surface area contributed by atoms with Gasteiger partial charge in [0, 0.05) is 6.54 Å². The third-order valence-corrected chi connectivity index (χ3v) is 3.12. The Balaban J connectivity index is 2.05. The first kappa shape index (κ1) is 13.5. The maximum Gasteiger partial charge on any atom is 0.320 e. The highest BCUT2D eigenvalue weighted by molar-refractivity contribution is 5.71. The van der Waals surface area contributed by atoms with E-state index in [0.717, 1.165) is 32.7 Å². The zero-order chi connectivity index (χ0) is 11.8. The summed E-state index contributed by atoms with van der Waals surface area (Å²) in [5, 5.41) is 0. The van der Waals surface area contributed by atoms with Gasteiger partial charge in [0.1, 0.15) is 6.61 Å². The molecule has 0 atom stereocenters. The second kappa shape index (κ2) is 7.63. The van der Waals surface area contributed by atoms with Gasteiger partial charge in [0.2, 0.25) is 0 Å². The predicted molar refractivity (Wildman–Crippen MR) is 64.4 cm³/mol. The summed E-state index contributed by atoms with van der Waals surface area (Å²) in [5.41, 5.74) is 0. The lowest BCUT2D eigenvalue weighted by atomic mass is 10.4. The van der Waals surface area contributed by atoms with Crippen molar-refractivity contribution in [3.63, 3.8) is 0 Å². The maximum absolute atomic E-state index is 11.5. The average Bonchev–Trinajstić information content (AvgIpc) is 2.77. The lowest BCUT2D eigenvalue weighted by Crippen LogP contribution is -2.31. The molecular formula is C12H24N2O2. The zero-order valence-corrected chi connectivity index (χ0v) is 10.6. The Bertz CT molecular complexity index is 199. The predicted octanol–water partition coefficient (Wildman–Crippen LogP) is 0.967. The average molecular weight is 228 g/mol. The second-order valence-corrected chi connectivity index (χ2v) is 4.23. The molecule has 1 fully saturated rings. The smallest absolute Gasteiger partial charge is 0.320 e. The molecule has 1 rings (SSSR count). The van der Waals surface area contributed by atoms with Gasteiger partial charge >= 0.3 is 5.97 Å². The van der Waals surface area contributed by atoms with Gasteiger partial charge in [-0.05, 0) is 39.0 Å². The Morgan fingerprint density at radius 2 is 1.88 bits per heavy atom. The fourth-order valence-corrected chi connectivity index (χ4v) is 2.00. The largest absolute Gasteiger partial charge is 0.463 e. The van der Waals surface area contributed by atoms with Crippen molar-refractivity contribution in [3.8, 4) is 0 Å². The summed E-state index contributed by atoms with van der Waals surface area (Å²) in [4.78, 5) is 15.9. The molecule has 1 aliphatic rings. The monoisotopic (exact) mass is 228 g/mol. The number of carbonyl (C=O) groups is 1. The third kappa shape index (κ3) is 4.94. The van der Waals surface area contributed by atoms with Crippen LogP contribution in [0.1, 0.15) is 26.7 Å². The van der Waals surface area contributed by atoms with Crippen LogP contribution in [0.3, 0.4) is 0 Å². The van der Waals surface area contributed by atoms with Gasteiger partial charge in [0.05, 0.1) is 6.54 Å². The molecule has 1 aliphatic heterocycles. The zero-order valence-electron chi connectivity index (χ0n) is 10.6. The summed E-state index contributed by atoms with van der Waals surface area (Å²) in [6, 6.07) is 0. The van der Waals surface area contributed by atoms with Crippen LogP contribution in [0.15, 0.2) is 0 Å². The molecule has 0 N–H and O–H groups in total. The van der Waals surface area contributed by atoms with Crippen molar-refractivity contribution in [2.45, 2.75) is 26.7 Å². The van der Waals surface area contributed by atoms with E-state index in [4.69, 9.17) is 4.74 Å². The quantitative estimate of drug-likeness (QED) is 0.608. The number of nitrogens with zero attached hydrogens (tertiary/aromatic N) is 2. The van der Waals surface area contributed by atoms with Gasteiger partial charge in [0.15, 0.2) is 0 Å². The Kier molecular flexibility index (Phi) is 6.42. The van der Waals surface area contributed by atoms with Crippen LogP contribution in [0.5, 0.6) is 0 Å². The summed E-state index contributed by atoms with van der Waals surface area (Å²) in [6.45, 7) is 10.2. The van der Waals surface area contributed by atoms with Crippen molar-refractivity contribution >= 4 is 5.97 Å². The second-order valence-electron chi connectivity index (χ2n) is 4.23. The topological polar surface area (TPSA) is 32.8 Å². The molecule has 0 aliphatic carbocycles. The van der Waals surface area contributed by atoms with Crippen molar-refractivity contribution in [1.29, 1.82) is 0 Å². The van der Waals surface area contributed by atoms with Gasteiger partial charge < -0.3 is 9.64 Å². The molecule has 1 saturated heterocycles. The number of ether oxygens (including phenoxy) is 1. The third-order valence-electron chi connectivity index (χ3n) is 3.12. The number of carbonyl (C=O) groups excluding carboxylic acids is 1. The molecule has 94 valence electrons. The van der Waals surface area contributed by atoms with Crippen LogP contribution in [0.2, 0.25) is 0 Å². The number of hydrogen-bond donors (Lipinski definition) is 0. The summed E-state index contributed by atoms with van der Waals surface area (Å²) >= 11 is 0. The Labute approximate surface area is 98.5 Å². The standard InChI is InChI=1S/C12H24N2O2/c1-3-13(4-2)9-10-16-12(15)11-14-7-5-6-8-14/h3-11H2,1-2H3. The van der Waals surface area contributed by atoms with E-state index in [2.05, 4.69) is 23.6 Å². The van der Waals surface area contributed by atoms with E-state index in [9.17, 15) is 4.79 Å². The minimum absolute atomic E-state index is 0.0749. The summed E-state index contributed by atoms with van der Waals surface area (Å²) in [6.07, 6.45) is 2.43. The van der Waals surface area contributed by atoms with Crippen molar-refractivity contribution in [2.75, 3.05) is 45.9 Å². The molecule has 0 bridgehead atoms. The lowest BCUT2D eigenvalue weighted by Gasteiger charge is -2.18. The van der Waals surface area contributed by atoms with Gasteiger partial charge in [-0.1, -0.05) is 13.8 Å². The summed E-state index contributed by atoms with van der Waals surface area (Å²) in [5.74, 6) is -0.0749. The van der Waals surface area contributed by atoms with E-state index in [1.54, 1.807) is 0 Å². The normalized spacial score (nSPS) is 16.9. The van der Waals surface area contributed by atoms with Crippen molar-refractivity contribution in [2.24, 2.45) is 0 Å². The number of esters is 1. The summed E-state index contributed by atoms with van der Waals surface area (Å²) in [7, 11) is 0. The SMILES string of the molecule is CCN(CC)CCOC(=O)CN1CCCC1. The van der Waals surface area contributed by atoms with Crippen LogP contribution in [-0.2, 0) is 9.53 Å². The fourth-order valence-electron chi connectivity index (χ4n) is 2.00. The minimum Gasteiger partial charge on any atom is -0.463 e. The van der Waals surface area contributed by atoms with Crippen LogP contribution >= 0.6 is 0 Å². The van der Waals surface area contributed by atoms with E-state index in [0.29, 0.717) is 13.2 Å². The Morgan fingerprint density at radius 1 is 1.25 bits per heavy atom. The van der Waals surface area contributed by atoms with Crippen molar-refractivity contribution < 1.29 is 9.53 Å². The highest BCUT2D eigenvalue weighted by atomic mass is 16.5. The van der Waals surface area contributed by atoms with Gasteiger partial charge in [-0.25, -0.2) is 0 Å². The van der Waals surface area contributed by atoms with E-state index >= 15 is 0 Å². The number of likely N-dealkylation sites (tertiary alicyclic amines) is 1. The number of rotatable bonds is 7. The van der Waals surface area contributed by atoms with Crippen LogP contribution in [-0.4, -0.2) is 61.6 Å². The molecule has 1 heterocycles. The summed E-state index contributed by atoms with van der Waals surface area (Å²) < 4.78 is 5.22. The maximum atomic E-state index is 11.5. The Hall–Kier alpha value is -0.610. The lowest BCUT2D eigenvalue weighted by molar-refractivity contribution is -0.145. The number of hydrogen-bond acceptors (Lipinski definition) is 4. The Morgan fingerprint density at radius 3 is 2.44 bits per heavy atom. The molecule has 0 unspecified atom stereocenters.